The van der Waals surface area contributed by atoms with Crippen LogP contribution in [0.1, 0.15) is 27.2 Å². The Balaban J connectivity index is 1.87. The van der Waals surface area contributed by atoms with E-state index in [0.29, 0.717) is 22.4 Å². The topological polar surface area (TPSA) is 58.6 Å². The van der Waals surface area contributed by atoms with E-state index in [1.165, 1.54) is 0 Å². The largest absolute Gasteiger partial charge is 0.491 e. The molecule has 1 aliphatic rings. The van der Waals surface area contributed by atoms with Gasteiger partial charge in [-0.05, 0) is 32.9 Å². The van der Waals surface area contributed by atoms with Crippen LogP contribution < -0.4 is 10.1 Å². The summed E-state index contributed by atoms with van der Waals surface area (Å²) >= 11 is 7.60. The fourth-order valence-corrected chi connectivity index (χ4v) is 3.68. The molecule has 5 nitrogen and oxygen atoms in total. The van der Waals surface area contributed by atoms with Crippen molar-refractivity contribution in [3.8, 4) is 5.75 Å². The maximum Gasteiger partial charge on any atom is 0.244 e. The minimum absolute atomic E-state index is 0.0823. The average molecular weight is 371 g/mol. The third kappa shape index (κ3) is 5.31. The summed E-state index contributed by atoms with van der Waals surface area (Å²) in [7, 11) is 0. The molecule has 132 valence electrons. The number of nitrogens with zero attached hydrogens (tertiary/aromatic N) is 1. The zero-order chi connectivity index (χ0) is 17.7. The van der Waals surface area contributed by atoms with Crippen LogP contribution in [0.25, 0.3) is 0 Å². The second kappa shape index (κ2) is 8.12. The summed E-state index contributed by atoms with van der Waals surface area (Å²) in [5.74, 6) is 1.53. The van der Waals surface area contributed by atoms with Gasteiger partial charge in [-0.3, -0.25) is 9.59 Å². The molecule has 1 atom stereocenters. The van der Waals surface area contributed by atoms with Crippen molar-refractivity contribution in [1.29, 1.82) is 0 Å². The molecule has 1 aromatic carbocycles. The highest BCUT2D eigenvalue weighted by Crippen LogP contribution is 2.25. The number of halogens is 1. The van der Waals surface area contributed by atoms with Gasteiger partial charge in [0.05, 0.1) is 23.9 Å². The first kappa shape index (κ1) is 18.9. The van der Waals surface area contributed by atoms with Crippen LogP contribution in [-0.2, 0) is 9.59 Å². The quantitative estimate of drug-likeness (QED) is 0.865. The van der Waals surface area contributed by atoms with Gasteiger partial charge in [-0.25, -0.2) is 0 Å². The maximum atomic E-state index is 12.4. The molecule has 1 fully saturated rings. The standard InChI is InChI=1S/C17H23ClN2O3S/c1-17(2,3)19-16(22)13-10-24-11-20(13)15(21)8-9-23-14-7-5-4-6-12(14)18/h4-7,13H,8-11H2,1-3H3,(H,19,22). The number of amides is 2. The Morgan fingerprint density at radius 2 is 2.08 bits per heavy atom. The lowest BCUT2D eigenvalue weighted by molar-refractivity contribution is -0.139. The van der Waals surface area contributed by atoms with Gasteiger partial charge in [0, 0.05) is 11.3 Å². The predicted octanol–water partition coefficient (Wildman–Crippen LogP) is 2.93. The number of carbonyl (C=O) groups is 2. The van der Waals surface area contributed by atoms with E-state index in [9.17, 15) is 9.59 Å². The third-order valence-corrected chi connectivity index (χ3v) is 4.74. The summed E-state index contributed by atoms with van der Waals surface area (Å²) in [6, 6.07) is 6.73. The molecule has 1 heterocycles. The number of thioether (sulfide) groups is 1. The lowest BCUT2D eigenvalue weighted by atomic mass is 10.1. The first-order valence-electron chi connectivity index (χ1n) is 7.84. The molecule has 2 amide bonds. The number of ether oxygens (including phenoxy) is 1. The second-order valence-electron chi connectivity index (χ2n) is 6.65. The molecule has 0 spiro atoms. The highest BCUT2D eigenvalue weighted by molar-refractivity contribution is 7.99. The van der Waals surface area contributed by atoms with Crippen LogP contribution in [0.3, 0.4) is 0 Å². The van der Waals surface area contributed by atoms with Gasteiger partial charge in [0.1, 0.15) is 11.8 Å². The monoisotopic (exact) mass is 370 g/mol. The van der Waals surface area contributed by atoms with Crippen molar-refractivity contribution in [2.45, 2.75) is 38.8 Å². The number of benzene rings is 1. The Hall–Kier alpha value is -1.40. The average Bonchev–Trinajstić information content (AvgIpc) is 2.97. The molecule has 0 aromatic heterocycles. The van der Waals surface area contributed by atoms with Gasteiger partial charge in [-0.15, -0.1) is 11.8 Å². The zero-order valence-electron chi connectivity index (χ0n) is 14.2. The summed E-state index contributed by atoms with van der Waals surface area (Å²) < 4.78 is 5.56. The minimum atomic E-state index is -0.415. The van der Waals surface area contributed by atoms with E-state index < -0.39 is 6.04 Å². The molecule has 2 rings (SSSR count). The predicted molar refractivity (Wildman–Crippen MR) is 97.4 cm³/mol. The van der Waals surface area contributed by atoms with Crippen LogP contribution in [0.15, 0.2) is 24.3 Å². The molecule has 0 saturated carbocycles. The SMILES string of the molecule is CC(C)(C)NC(=O)C1CSCN1C(=O)CCOc1ccccc1Cl. The summed E-state index contributed by atoms with van der Waals surface area (Å²) in [4.78, 5) is 26.4. The Labute approximate surface area is 152 Å². The van der Waals surface area contributed by atoms with E-state index in [0.717, 1.165) is 0 Å². The number of carbonyl (C=O) groups excluding carboxylic acids is 2. The number of nitrogens with one attached hydrogen (secondary N) is 1. The number of hydrogen-bond donors (Lipinski definition) is 1. The smallest absolute Gasteiger partial charge is 0.244 e. The van der Waals surface area contributed by atoms with Crippen molar-refractivity contribution >= 4 is 35.2 Å². The van der Waals surface area contributed by atoms with Crippen LogP contribution >= 0.6 is 23.4 Å². The molecule has 1 N–H and O–H groups in total. The number of rotatable bonds is 5. The lowest BCUT2D eigenvalue weighted by Gasteiger charge is -2.27. The van der Waals surface area contributed by atoms with Crippen molar-refractivity contribution in [1.82, 2.24) is 10.2 Å². The third-order valence-electron chi connectivity index (χ3n) is 3.41. The maximum absolute atomic E-state index is 12.4. The first-order chi connectivity index (χ1) is 11.3. The molecule has 24 heavy (non-hydrogen) atoms. The van der Waals surface area contributed by atoms with Crippen molar-refractivity contribution in [3.63, 3.8) is 0 Å². The van der Waals surface area contributed by atoms with Crippen molar-refractivity contribution in [2.75, 3.05) is 18.2 Å². The molecule has 1 saturated heterocycles. The van der Waals surface area contributed by atoms with Crippen LogP contribution in [0.5, 0.6) is 5.75 Å². The van der Waals surface area contributed by atoms with Crippen molar-refractivity contribution < 1.29 is 14.3 Å². The van der Waals surface area contributed by atoms with Gasteiger partial charge in [0.25, 0.3) is 0 Å². The molecular weight excluding hydrogens is 348 g/mol. The summed E-state index contributed by atoms with van der Waals surface area (Å²) in [5.41, 5.74) is -0.313. The Kier molecular flexibility index (Phi) is 6.40. The van der Waals surface area contributed by atoms with Gasteiger partial charge in [-0.1, -0.05) is 23.7 Å². The first-order valence-corrected chi connectivity index (χ1v) is 9.38. The van der Waals surface area contributed by atoms with Crippen LogP contribution in [-0.4, -0.2) is 46.5 Å². The fourth-order valence-electron chi connectivity index (χ4n) is 2.31. The van der Waals surface area contributed by atoms with Crippen LogP contribution in [0.4, 0.5) is 0 Å². The molecule has 1 aliphatic heterocycles. The van der Waals surface area contributed by atoms with E-state index >= 15 is 0 Å². The fraction of sp³-hybridized carbons (Fsp3) is 0.529. The lowest BCUT2D eigenvalue weighted by Crippen LogP contribution is -2.52. The van der Waals surface area contributed by atoms with E-state index in [1.54, 1.807) is 28.8 Å². The molecule has 1 aromatic rings. The summed E-state index contributed by atoms with van der Waals surface area (Å²) in [6.45, 7) is 6.02. The van der Waals surface area contributed by atoms with E-state index in [-0.39, 0.29) is 30.4 Å². The zero-order valence-corrected chi connectivity index (χ0v) is 15.7. The Bertz CT molecular complexity index is 604. The Morgan fingerprint density at radius 1 is 1.38 bits per heavy atom. The highest BCUT2D eigenvalue weighted by Gasteiger charge is 2.35. The molecule has 1 unspecified atom stereocenters. The highest BCUT2D eigenvalue weighted by atomic mass is 35.5. The Morgan fingerprint density at radius 3 is 2.75 bits per heavy atom. The van der Waals surface area contributed by atoms with Gasteiger partial charge >= 0.3 is 0 Å². The van der Waals surface area contributed by atoms with Gasteiger partial charge < -0.3 is 15.0 Å². The molecule has 7 heteroatoms. The van der Waals surface area contributed by atoms with E-state index in [2.05, 4.69) is 5.32 Å². The van der Waals surface area contributed by atoms with Gasteiger partial charge in [0.2, 0.25) is 11.8 Å². The van der Waals surface area contributed by atoms with Crippen molar-refractivity contribution in [3.05, 3.63) is 29.3 Å². The number of hydrogen-bond acceptors (Lipinski definition) is 4. The van der Waals surface area contributed by atoms with Crippen molar-refractivity contribution in [2.24, 2.45) is 0 Å². The van der Waals surface area contributed by atoms with Crippen LogP contribution in [0, 0.1) is 0 Å². The van der Waals surface area contributed by atoms with E-state index in [4.69, 9.17) is 16.3 Å². The second-order valence-corrected chi connectivity index (χ2v) is 8.05. The molecule has 0 aliphatic carbocycles. The number of para-hydroxylation sites is 1. The summed E-state index contributed by atoms with van der Waals surface area (Å²) in [5, 5.41) is 3.46. The molecule has 0 radical (unpaired) electrons. The molecule has 0 bridgehead atoms. The van der Waals surface area contributed by atoms with Gasteiger partial charge in [0.15, 0.2) is 0 Å². The minimum Gasteiger partial charge on any atom is -0.491 e. The normalized spacial score (nSPS) is 17.7. The molecular formula is C17H23ClN2O3S. The van der Waals surface area contributed by atoms with Crippen LogP contribution in [0.2, 0.25) is 5.02 Å². The van der Waals surface area contributed by atoms with Gasteiger partial charge in [-0.2, -0.15) is 0 Å². The van der Waals surface area contributed by atoms with E-state index in [1.807, 2.05) is 32.9 Å². The summed E-state index contributed by atoms with van der Waals surface area (Å²) in [6.07, 6.45) is 0.213.